The molecule has 2 rings (SSSR count). The van der Waals surface area contributed by atoms with Gasteiger partial charge in [0.25, 0.3) is 0 Å². The molecule has 1 aliphatic rings. The zero-order chi connectivity index (χ0) is 14.4. The second-order valence-electron chi connectivity index (χ2n) is 5.46. The van der Waals surface area contributed by atoms with E-state index in [0.29, 0.717) is 6.42 Å². The lowest BCUT2D eigenvalue weighted by molar-refractivity contribution is -0.131. The Hall–Kier alpha value is -0.910. The summed E-state index contributed by atoms with van der Waals surface area (Å²) in [4.78, 5) is 18.0. The Bertz CT molecular complexity index is 407. The highest BCUT2D eigenvalue weighted by Crippen LogP contribution is 2.14. The molecule has 0 saturated carbocycles. The minimum Gasteiger partial charge on any atom is -0.341 e. The number of rotatable bonds is 5. The van der Waals surface area contributed by atoms with Gasteiger partial charge in [-0.3, -0.25) is 9.69 Å². The van der Waals surface area contributed by atoms with Crippen LogP contribution in [0.2, 0.25) is 0 Å². The summed E-state index contributed by atoms with van der Waals surface area (Å²) in [5.74, 6) is 0.220. The predicted octanol–water partition coefficient (Wildman–Crippen LogP) is 1.91. The molecule has 2 heterocycles. The fourth-order valence-corrected chi connectivity index (χ4v) is 3.25. The van der Waals surface area contributed by atoms with Gasteiger partial charge < -0.3 is 10.6 Å². The summed E-state index contributed by atoms with van der Waals surface area (Å²) in [5.41, 5.74) is 5.88. The van der Waals surface area contributed by atoms with Crippen LogP contribution in [-0.4, -0.2) is 47.9 Å². The number of carbonyl (C=O) groups is 1. The minimum atomic E-state index is 0.00738. The van der Waals surface area contributed by atoms with Crippen molar-refractivity contribution in [2.75, 3.05) is 26.2 Å². The molecular formula is C15H25N3OS. The highest BCUT2D eigenvalue weighted by Gasteiger charge is 2.20. The van der Waals surface area contributed by atoms with E-state index in [2.05, 4.69) is 22.4 Å². The van der Waals surface area contributed by atoms with Crippen molar-refractivity contribution in [1.29, 1.82) is 0 Å². The molecule has 4 nitrogen and oxygen atoms in total. The van der Waals surface area contributed by atoms with Gasteiger partial charge in [0.1, 0.15) is 0 Å². The van der Waals surface area contributed by atoms with Crippen molar-refractivity contribution >= 4 is 17.2 Å². The van der Waals surface area contributed by atoms with Gasteiger partial charge in [-0.05, 0) is 24.3 Å². The molecule has 1 saturated heterocycles. The van der Waals surface area contributed by atoms with E-state index in [-0.39, 0.29) is 11.9 Å². The van der Waals surface area contributed by atoms with E-state index in [9.17, 15) is 4.79 Å². The van der Waals surface area contributed by atoms with Crippen molar-refractivity contribution < 1.29 is 4.79 Å². The summed E-state index contributed by atoms with van der Waals surface area (Å²) in [5, 5.41) is 2.12. The molecule has 1 aromatic heterocycles. The van der Waals surface area contributed by atoms with Crippen LogP contribution < -0.4 is 5.73 Å². The maximum Gasteiger partial charge on any atom is 0.224 e. The number of nitrogens with two attached hydrogens (primary N) is 1. The van der Waals surface area contributed by atoms with E-state index in [1.165, 1.54) is 4.88 Å². The molecule has 20 heavy (non-hydrogen) atoms. The van der Waals surface area contributed by atoms with Crippen LogP contribution in [0.15, 0.2) is 17.5 Å². The smallest absolute Gasteiger partial charge is 0.224 e. The van der Waals surface area contributed by atoms with Crippen molar-refractivity contribution in [3.8, 4) is 0 Å². The van der Waals surface area contributed by atoms with Gasteiger partial charge >= 0.3 is 0 Å². The third kappa shape index (κ3) is 4.58. The summed E-state index contributed by atoms with van der Waals surface area (Å²) in [6.07, 6.45) is 2.41. The van der Waals surface area contributed by atoms with Crippen molar-refractivity contribution in [3.05, 3.63) is 22.4 Å². The normalized spacial score (nSPS) is 18.8. The summed E-state index contributed by atoms with van der Waals surface area (Å²) >= 11 is 1.80. The molecule has 1 unspecified atom stereocenters. The number of nitrogens with zero attached hydrogens (tertiary/aromatic N) is 2. The first-order chi connectivity index (χ1) is 9.69. The quantitative estimate of drug-likeness (QED) is 0.903. The number of hydrogen-bond acceptors (Lipinski definition) is 4. The predicted molar refractivity (Wildman–Crippen MR) is 83.7 cm³/mol. The summed E-state index contributed by atoms with van der Waals surface area (Å²) in [6.45, 7) is 6.78. The summed E-state index contributed by atoms with van der Waals surface area (Å²) < 4.78 is 0. The standard InChI is InChI=1S/C15H25N3OS/c1-2-13(16)11-15(19)18-7-4-6-17(8-9-18)12-14-5-3-10-20-14/h3,5,10,13H,2,4,6-9,11-12,16H2,1H3. The van der Waals surface area contributed by atoms with Gasteiger partial charge in [-0.25, -0.2) is 0 Å². The molecule has 1 aromatic rings. The highest BCUT2D eigenvalue weighted by molar-refractivity contribution is 7.09. The zero-order valence-electron chi connectivity index (χ0n) is 12.3. The van der Waals surface area contributed by atoms with E-state index in [4.69, 9.17) is 5.73 Å². The molecule has 1 atom stereocenters. The average molecular weight is 295 g/mol. The van der Waals surface area contributed by atoms with Gasteiger partial charge in [-0.15, -0.1) is 11.3 Å². The van der Waals surface area contributed by atoms with E-state index >= 15 is 0 Å². The fraction of sp³-hybridized carbons (Fsp3) is 0.667. The molecule has 0 bridgehead atoms. The molecule has 1 amide bonds. The Labute approximate surface area is 125 Å². The molecule has 5 heteroatoms. The molecular weight excluding hydrogens is 270 g/mol. The van der Waals surface area contributed by atoms with Gasteiger partial charge in [-0.1, -0.05) is 13.0 Å². The molecule has 1 aliphatic heterocycles. The Morgan fingerprint density at radius 2 is 2.25 bits per heavy atom. The van der Waals surface area contributed by atoms with Gasteiger partial charge in [0.05, 0.1) is 0 Å². The summed E-state index contributed by atoms with van der Waals surface area (Å²) in [7, 11) is 0. The van der Waals surface area contributed by atoms with Crippen LogP contribution in [0.4, 0.5) is 0 Å². The first-order valence-electron chi connectivity index (χ1n) is 7.47. The van der Waals surface area contributed by atoms with Crippen LogP contribution in [0.25, 0.3) is 0 Å². The van der Waals surface area contributed by atoms with Crippen molar-refractivity contribution in [3.63, 3.8) is 0 Å². The number of hydrogen-bond donors (Lipinski definition) is 1. The SMILES string of the molecule is CCC(N)CC(=O)N1CCCN(Cc2cccs2)CC1. The molecule has 2 N–H and O–H groups in total. The molecule has 0 radical (unpaired) electrons. The average Bonchev–Trinajstić information content (AvgIpc) is 2.83. The van der Waals surface area contributed by atoms with Crippen LogP contribution in [0, 0.1) is 0 Å². The Morgan fingerprint density at radius 1 is 1.40 bits per heavy atom. The fourth-order valence-electron chi connectivity index (χ4n) is 2.50. The van der Waals surface area contributed by atoms with E-state index in [1.807, 2.05) is 11.8 Å². The second-order valence-corrected chi connectivity index (χ2v) is 6.49. The Balaban J connectivity index is 1.81. The molecule has 112 valence electrons. The van der Waals surface area contributed by atoms with Crippen molar-refractivity contribution in [2.45, 2.75) is 38.8 Å². The van der Waals surface area contributed by atoms with Crippen LogP contribution in [-0.2, 0) is 11.3 Å². The maximum atomic E-state index is 12.2. The Morgan fingerprint density at radius 3 is 2.95 bits per heavy atom. The van der Waals surface area contributed by atoms with Crippen LogP contribution >= 0.6 is 11.3 Å². The third-order valence-electron chi connectivity index (χ3n) is 3.86. The lowest BCUT2D eigenvalue weighted by Gasteiger charge is -2.22. The second kappa shape index (κ2) is 7.76. The van der Waals surface area contributed by atoms with Gasteiger partial charge in [0.15, 0.2) is 0 Å². The van der Waals surface area contributed by atoms with E-state index in [0.717, 1.165) is 45.6 Å². The van der Waals surface area contributed by atoms with Crippen LogP contribution in [0.5, 0.6) is 0 Å². The van der Waals surface area contributed by atoms with Gasteiger partial charge in [-0.2, -0.15) is 0 Å². The number of amides is 1. The highest BCUT2D eigenvalue weighted by atomic mass is 32.1. The van der Waals surface area contributed by atoms with Gasteiger partial charge in [0, 0.05) is 50.1 Å². The maximum absolute atomic E-state index is 12.2. The first-order valence-corrected chi connectivity index (χ1v) is 8.35. The zero-order valence-corrected chi connectivity index (χ0v) is 13.1. The van der Waals surface area contributed by atoms with Crippen LogP contribution in [0.1, 0.15) is 31.1 Å². The summed E-state index contributed by atoms with van der Waals surface area (Å²) in [6, 6.07) is 4.28. The molecule has 0 spiro atoms. The largest absolute Gasteiger partial charge is 0.341 e. The monoisotopic (exact) mass is 295 g/mol. The van der Waals surface area contributed by atoms with E-state index < -0.39 is 0 Å². The molecule has 0 aliphatic carbocycles. The molecule has 0 aromatic carbocycles. The third-order valence-corrected chi connectivity index (χ3v) is 4.72. The number of thiophene rings is 1. The lowest BCUT2D eigenvalue weighted by Crippen LogP contribution is -2.38. The minimum absolute atomic E-state index is 0.00738. The van der Waals surface area contributed by atoms with E-state index in [1.54, 1.807) is 11.3 Å². The van der Waals surface area contributed by atoms with Crippen molar-refractivity contribution in [2.24, 2.45) is 5.73 Å². The van der Waals surface area contributed by atoms with Gasteiger partial charge in [0.2, 0.25) is 5.91 Å². The van der Waals surface area contributed by atoms with Crippen LogP contribution in [0.3, 0.4) is 0 Å². The molecule has 1 fully saturated rings. The lowest BCUT2D eigenvalue weighted by atomic mass is 10.1. The number of carbonyl (C=O) groups excluding carboxylic acids is 1. The topological polar surface area (TPSA) is 49.6 Å². The Kier molecular flexibility index (Phi) is 6.01. The van der Waals surface area contributed by atoms with Crippen molar-refractivity contribution in [1.82, 2.24) is 9.80 Å². The first kappa shape index (κ1) is 15.5.